The molecule has 0 amide bonds. The molecule has 0 aromatic carbocycles. The van der Waals surface area contributed by atoms with E-state index in [0.29, 0.717) is 0 Å². The Bertz CT molecular complexity index is 184. The summed E-state index contributed by atoms with van der Waals surface area (Å²) in [5.41, 5.74) is 0. The van der Waals surface area contributed by atoms with E-state index in [0.717, 1.165) is 17.9 Å². The molecule has 2 unspecified atom stereocenters. The van der Waals surface area contributed by atoms with Gasteiger partial charge in [-0.2, -0.15) is 0 Å². The highest BCUT2D eigenvalue weighted by Gasteiger charge is 2.18. The van der Waals surface area contributed by atoms with E-state index in [1.54, 1.807) is 0 Å². The largest absolute Gasteiger partial charge is 0.314 e. The molecular weight excluding hydrogens is 218 g/mol. The number of hydrogen-bond donors (Lipinski definition) is 1. The van der Waals surface area contributed by atoms with Gasteiger partial charge in [-0.15, -0.1) is 0 Å². The van der Waals surface area contributed by atoms with Crippen molar-refractivity contribution in [3.8, 4) is 0 Å². The number of rotatable bonds is 10. The first-order chi connectivity index (χ1) is 8.76. The molecule has 1 saturated carbocycles. The maximum Gasteiger partial charge on any atom is 0.00696 e. The van der Waals surface area contributed by atoms with Crippen molar-refractivity contribution in [3.63, 3.8) is 0 Å². The van der Waals surface area contributed by atoms with Gasteiger partial charge in [0.25, 0.3) is 0 Å². The summed E-state index contributed by atoms with van der Waals surface area (Å²) in [5.74, 6) is 1.95. The lowest BCUT2D eigenvalue weighted by molar-refractivity contribution is 0.339. The average molecular weight is 253 g/mol. The van der Waals surface area contributed by atoms with Gasteiger partial charge in [0.15, 0.2) is 0 Å². The van der Waals surface area contributed by atoms with E-state index in [4.69, 9.17) is 0 Å². The summed E-state index contributed by atoms with van der Waals surface area (Å²) in [6.07, 6.45) is 14.3. The molecule has 1 heteroatoms. The van der Waals surface area contributed by atoms with Crippen LogP contribution in [0.1, 0.15) is 85.0 Å². The second kappa shape index (κ2) is 9.83. The van der Waals surface area contributed by atoms with Gasteiger partial charge in [-0.25, -0.2) is 0 Å². The van der Waals surface area contributed by atoms with Crippen LogP contribution in [0.25, 0.3) is 0 Å². The molecule has 108 valence electrons. The minimum absolute atomic E-state index is 0.784. The fraction of sp³-hybridized carbons (Fsp3) is 1.00. The SMILES string of the molecule is CCCNC(CCC1CCCC1)CC(C)CCC. The zero-order chi connectivity index (χ0) is 13.2. The van der Waals surface area contributed by atoms with E-state index in [1.807, 2.05) is 0 Å². The standard InChI is InChI=1S/C17H35N/c1-4-8-15(3)14-17(18-13-5-2)12-11-16-9-6-7-10-16/h15-18H,4-14H2,1-3H3. The molecule has 0 aromatic heterocycles. The van der Waals surface area contributed by atoms with E-state index in [1.165, 1.54) is 70.8 Å². The van der Waals surface area contributed by atoms with Crippen molar-refractivity contribution in [1.29, 1.82) is 0 Å². The van der Waals surface area contributed by atoms with Crippen molar-refractivity contribution >= 4 is 0 Å². The molecule has 1 aliphatic carbocycles. The molecule has 0 radical (unpaired) electrons. The molecule has 0 heterocycles. The minimum atomic E-state index is 0.784. The second-order valence-corrected chi connectivity index (χ2v) is 6.51. The Morgan fingerprint density at radius 3 is 2.39 bits per heavy atom. The lowest BCUT2D eigenvalue weighted by Crippen LogP contribution is -2.32. The molecule has 1 rings (SSSR count). The van der Waals surface area contributed by atoms with Gasteiger partial charge in [0.1, 0.15) is 0 Å². The van der Waals surface area contributed by atoms with Gasteiger partial charge < -0.3 is 5.32 Å². The Morgan fingerprint density at radius 1 is 1.06 bits per heavy atom. The summed E-state index contributed by atoms with van der Waals surface area (Å²) >= 11 is 0. The second-order valence-electron chi connectivity index (χ2n) is 6.51. The topological polar surface area (TPSA) is 12.0 Å². The van der Waals surface area contributed by atoms with Crippen LogP contribution in [0.3, 0.4) is 0 Å². The Hall–Kier alpha value is -0.0400. The van der Waals surface area contributed by atoms with Gasteiger partial charge in [-0.1, -0.05) is 59.3 Å². The van der Waals surface area contributed by atoms with Gasteiger partial charge in [-0.05, 0) is 44.1 Å². The van der Waals surface area contributed by atoms with E-state index in [9.17, 15) is 0 Å². The van der Waals surface area contributed by atoms with Crippen LogP contribution in [-0.4, -0.2) is 12.6 Å². The van der Waals surface area contributed by atoms with Crippen LogP contribution in [0.2, 0.25) is 0 Å². The van der Waals surface area contributed by atoms with Crippen LogP contribution in [0.5, 0.6) is 0 Å². The van der Waals surface area contributed by atoms with Gasteiger partial charge in [0.05, 0.1) is 0 Å². The Balaban J connectivity index is 2.24. The molecule has 0 saturated heterocycles. The van der Waals surface area contributed by atoms with Crippen molar-refractivity contribution in [1.82, 2.24) is 5.32 Å². The first kappa shape index (κ1) is 16.0. The first-order valence-electron chi connectivity index (χ1n) is 8.49. The first-order valence-corrected chi connectivity index (χ1v) is 8.49. The quantitative estimate of drug-likeness (QED) is 0.567. The zero-order valence-corrected chi connectivity index (χ0v) is 13.0. The maximum absolute atomic E-state index is 3.78. The molecule has 0 aromatic rings. The van der Waals surface area contributed by atoms with E-state index in [-0.39, 0.29) is 0 Å². The molecule has 0 bridgehead atoms. The summed E-state index contributed by atoms with van der Waals surface area (Å²) < 4.78 is 0. The zero-order valence-electron chi connectivity index (χ0n) is 13.0. The third kappa shape index (κ3) is 6.78. The Morgan fingerprint density at radius 2 is 1.78 bits per heavy atom. The van der Waals surface area contributed by atoms with Crippen LogP contribution in [0, 0.1) is 11.8 Å². The monoisotopic (exact) mass is 253 g/mol. The van der Waals surface area contributed by atoms with E-state index >= 15 is 0 Å². The van der Waals surface area contributed by atoms with Crippen molar-refractivity contribution < 1.29 is 0 Å². The molecule has 0 aliphatic heterocycles. The van der Waals surface area contributed by atoms with Crippen molar-refractivity contribution in [2.45, 2.75) is 91.0 Å². The Kier molecular flexibility index (Phi) is 8.75. The molecule has 0 spiro atoms. The van der Waals surface area contributed by atoms with Crippen LogP contribution in [-0.2, 0) is 0 Å². The fourth-order valence-corrected chi connectivity index (χ4v) is 3.48. The normalized spacial score (nSPS) is 20.2. The number of hydrogen-bond acceptors (Lipinski definition) is 1. The average Bonchev–Trinajstić information content (AvgIpc) is 2.86. The summed E-state index contributed by atoms with van der Waals surface area (Å²) in [4.78, 5) is 0. The molecular formula is C17H35N. The predicted molar refractivity (Wildman–Crippen MR) is 82.0 cm³/mol. The van der Waals surface area contributed by atoms with Gasteiger partial charge in [-0.3, -0.25) is 0 Å². The summed E-state index contributed by atoms with van der Waals surface area (Å²) in [6, 6.07) is 0.784. The Labute approximate surface area is 115 Å². The van der Waals surface area contributed by atoms with E-state index < -0.39 is 0 Å². The molecule has 1 nitrogen and oxygen atoms in total. The summed E-state index contributed by atoms with van der Waals surface area (Å²) in [7, 11) is 0. The van der Waals surface area contributed by atoms with Crippen molar-refractivity contribution in [2.24, 2.45) is 11.8 Å². The van der Waals surface area contributed by atoms with Crippen molar-refractivity contribution in [2.75, 3.05) is 6.54 Å². The third-order valence-electron chi connectivity index (χ3n) is 4.55. The van der Waals surface area contributed by atoms with Crippen LogP contribution in [0.15, 0.2) is 0 Å². The van der Waals surface area contributed by atoms with Gasteiger partial charge in [0, 0.05) is 6.04 Å². The lowest BCUT2D eigenvalue weighted by Gasteiger charge is -2.23. The molecule has 1 fully saturated rings. The third-order valence-corrected chi connectivity index (χ3v) is 4.55. The number of nitrogens with one attached hydrogen (secondary N) is 1. The maximum atomic E-state index is 3.78. The van der Waals surface area contributed by atoms with Crippen LogP contribution in [0.4, 0.5) is 0 Å². The fourth-order valence-electron chi connectivity index (χ4n) is 3.48. The van der Waals surface area contributed by atoms with Gasteiger partial charge in [0.2, 0.25) is 0 Å². The molecule has 2 atom stereocenters. The van der Waals surface area contributed by atoms with Gasteiger partial charge >= 0.3 is 0 Å². The molecule has 1 aliphatic rings. The summed E-state index contributed by atoms with van der Waals surface area (Å²) in [6.45, 7) is 8.22. The highest BCUT2D eigenvalue weighted by Crippen LogP contribution is 2.29. The highest BCUT2D eigenvalue weighted by atomic mass is 14.9. The minimum Gasteiger partial charge on any atom is -0.314 e. The highest BCUT2D eigenvalue weighted by molar-refractivity contribution is 4.74. The van der Waals surface area contributed by atoms with Crippen LogP contribution < -0.4 is 5.32 Å². The lowest BCUT2D eigenvalue weighted by atomic mass is 9.91. The van der Waals surface area contributed by atoms with E-state index in [2.05, 4.69) is 26.1 Å². The molecule has 1 N–H and O–H groups in total. The smallest absolute Gasteiger partial charge is 0.00696 e. The predicted octanol–water partition coefficient (Wildman–Crippen LogP) is 5.15. The summed E-state index contributed by atoms with van der Waals surface area (Å²) in [5, 5.41) is 3.78. The molecule has 18 heavy (non-hydrogen) atoms. The van der Waals surface area contributed by atoms with Crippen molar-refractivity contribution in [3.05, 3.63) is 0 Å². The van der Waals surface area contributed by atoms with Crippen LogP contribution >= 0.6 is 0 Å².